The summed E-state index contributed by atoms with van der Waals surface area (Å²) in [5, 5.41) is 0. The summed E-state index contributed by atoms with van der Waals surface area (Å²) in [6.07, 6.45) is 0. The number of halogens is 1. The molecule has 0 saturated heterocycles. The Balaban J connectivity index is 2.10. The van der Waals surface area contributed by atoms with Crippen LogP contribution in [-0.2, 0) is 16.6 Å². The van der Waals surface area contributed by atoms with Gasteiger partial charge in [-0.3, -0.25) is 4.31 Å². The first-order valence-corrected chi connectivity index (χ1v) is 10.8. The molecule has 0 N–H and O–H groups in total. The highest BCUT2D eigenvalue weighted by atomic mass is 32.2. The zero-order valence-electron chi connectivity index (χ0n) is 17.3. The lowest BCUT2D eigenvalue weighted by atomic mass is 10.2. The van der Waals surface area contributed by atoms with Crippen molar-refractivity contribution in [2.24, 2.45) is 0 Å². The molecular formula is C23H24FNO4S. The van der Waals surface area contributed by atoms with Crippen LogP contribution in [0.3, 0.4) is 0 Å². The van der Waals surface area contributed by atoms with Gasteiger partial charge in [-0.25, -0.2) is 12.8 Å². The summed E-state index contributed by atoms with van der Waals surface area (Å²) in [6.45, 7) is 3.52. The number of benzene rings is 3. The number of hydrogen-bond acceptors (Lipinski definition) is 4. The molecule has 0 aromatic heterocycles. The van der Waals surface area contributed by atoms with E-state index in [1.54, 1.807) is 43.3 Å². The predicted molar refractivity (Wildman–Crippen MR) is 115 cm³/mol. The predicted octanol–water partition coefficient (Wildman–Crippen LogP) is 4.86. The Morgan fingerprint density at radius 3 is 2.27 bits per heavy atom. The van der Waals surface area contributed by atoms with E-state index in [0.717, 1.165) is 11.6 Å². The fourth-order valence-electron chi connectivity index (χ4n) is 3.10. The summed E-state index contributed by atoms with van der Waals surface area (Å²) in [6, 6.07) is 16.3. The van der Waals surface area contributed by atoms with Gasteiger partial charge in [0.15, 0.2) is 11.5 Å². The molecule has 0 heterocycles. The number of aryl methyl sites for hydroxylation is 2. The number of hydrogen-bond donors (Lipinski definition) is 0. The van der Waals surface area contributed by atoms with Crippen molar-refractivity contribution in [2.75, 3.05) is 18.5 Å². The van der Waals surface area contributed by atoms with E-state index in [1.807, 2.05) is 13.0 Å². The van der Waals surface area contributed by atoms with Crippen molar-refractivity contribution in [1.82, 2.24) is 0 Å². The summed E-state index contributed by atoms with van der Waals surface area (Å²) in [4.78, 5) is -0.104. The van der Waals surface area contributed by atoms with E-state index in [2.05, 4.69) is 0 Å². The molecular weight excluding hydrogens is 405 g/mol. The molecule has 0 atom stereocenters. The van der Waals surface area contributed by atoms with Crippen molar-refractivity contribution in [1.29, 1.82) is 0 Å². The van der Waals surface area contributed by atoms with Crippen LogP contribution in [0.5, 0.6) is 11.5 Å². The van der Waals surface area contributed by atoms with Gasteiger partial charge in [0.2, 0.25) is 0 Å². The fraction of sp³-hybridized carbons (Fsp3) is 0.217. The number of methoxy groups -OCH3 is 2. The van der Waals surface area contributed by atoms with Crippen molar-refractivity contribution in [3.05, 3.63) is 83.2 Å². The number of ether oxygens (including phenoxy) is 2. The van der Waals surface area contributed by atoms with E-state index >= 15 is 0 Å². The summed E-state index contributed by atoms with van der Waals surface area (Å²) in [5.74, 6) is 0.483. The molecule has 0 fully saturated rings. The Kier molecular flexibility index (Phi) is 6.31. The highest BCUT2D eigenvalue weighted by Gasteiger charge is 2.26. The van der Waals surface area contributed by atoms with Crippen LogP contribution < -0.4 is 13.8 Å². The maximum Gasteiger partial charge on any atom is 0.264 e. The highest BCUT2D eigenvalue weighted by molar-refractivity contribution is 7.92. The van der Waals surface area contributed by atoms with Gasteiger partial charge in [-0.15, -0.1) is 0 Å². The highest BCUT2D eigenvalue weighted by Crippen LogP contribution is 2.31. The Bertz CT molecular complexity index is 1160. The number of anilines is 1. The van der Waals surface area contributed by atoms with Gasteiger partial charge >= 0.3 is 0 Å². The van der Waals surface area contributed by atoms with Crippen LogP contribution in [0.25, 0.3) is 0 Å². The molecule has 3 rings (SSSR count). The molecule has 0 radical (unpaired) electrons. The zero-order chi connectivity index (χ0) is 21.9. The zero-order valence-corrected chi connectivity index (χ0v) is 18.2. The van der Waals surface area contributed by atoms with Crippen LogP contribution >= 0.6 is 0 Å². The van der Waals surface area contributed by atoms with Crippen molar-refractivity contribution in [3.8, 4) is 11.5 Å². The second kappa shape index (κ2) is 8.75. The van der Waals surface area contributed by atoms with E-state index in [0.29, 0.717) is 28.3 Å². The topological polar surface area (TPSA) is 55.8 Å². The first-order chi connectivity index (χ1) is 14.3. The van der Waals surface area contributed by atoms with Gasteiger partial charge in [-0.2, -0.15) is 0 Å². The van der Waals surface area contributed by atoms with Gasteiger partial charge in [0.1, 0.15) is 5.82 Å². The van der Waals surface area contributed by atoms with E-state index in [9.17, 15) is 12.8 Å². The van der Waals surface area contributed by atoms with Crippen molar-refractivity contribution < 1.29 is 22.3 Å². The molecule has 0 aliphatic carbocycles. The molecule has 0 spiro atoms. The van der Waals surface area contributed by atoms with Crippen molar-refractivity contribution in [3.63, 3.8) is 0 Å². The number of sulfonamides is 1. The average Bonchev–Trinajstić information content (AvgIpc) is 2.73. The maximum absolute atomic E-state index is 14.1. The summed E-state index contributed by atoms with van der Waals surface area (Å²) in [5.41, 5.74) is 2.49. The van der Waals surface area contributed by atoms with Gasteiger partial charge in [0, 0.05) is 0 Å². The number of rotatable bonds is 7. The van der Waals surface area contributed by atoms with Crippen LogP contribution in [0.4, 0.5) is 10.1 Å². The van der Waals surface area contributed by atoms with E-state index in [4.69, 9.17) is 9.47 Å². The molecule has 3 aromatic rings. The average molecular weight is 430 g/mol. The second-order valence-corrected chi connectivity index (χ2v) is 8.81. The van der Waals surface area contributed by atoms with E-state index < -0.39 is 15.8 Å². The quantitative estimate of drug-likeness (QED) is 0.539. The maximum atomic E-state index is 14.1. The van der Waals surface area contributed by atoms with Crippen LogP contribution in [0.2, 0.25) is 0 Å². The monoisotopic (exact) mass is 429 g/mol. The minimum absolute atomic E-state index is 0.0433. The van der Waals surface area contributed by atoms with Gasteiger partial charge < -0.3 is 9.47 Å². The first-order valence-electron chi connectivity index (χ1n) is 9.32. The Labute approximate surface area is 176 Å². The van der Waals surface area contributed by atoms with Crippen LogP contribution in [0, 0.1) is 19.7 Å². The summed E-state index contributed by atoms with van der Waals surface area (Å²) in [7, 11) is -0.968. The SMILES string of the molecule is COc1ccc(CN(c2cccc(C)c2)S(=O)(=O)c2ccc(C)c(F)c2)cc1OC. The Morgan fingerprint density at radius 1 is 0.900 bits per heavy atom. The molecule has 5 nitrogen and oxygen atoms in total. The van der Waals surface area contributed by atoms with Gasteiger partial charge in [-0.1, -0.05) is 24.3 Å². The molecule has 0 saturated carbocycles. The second-order valence-electron chi connectivity index (χ2n) is 6.95. The standard InChI is InChI=1S/C23H24FNO4S/c1-16-6-5-7-19(12-16)25(15-18-9-11-22(28-3)23(13-18)29-4)30(26,27)20-10-8-17(2)21(24)14-20/h5-14H,15H2,1-4H3. The Morgan fingerprint density at radius 2 is 1.63 bits per heavy atom. The van der Waals surface area contributed by atoms with E-state index in [-0.39, 0.29) is 11.4 Å². The third-order valence-electron chi connectivity index (χ3n) is 4.80. The lowest BCUT2D eigenvalue weighted by Crippen LogP contribution is -2.30. The van der Waals surface area contributed by atoms with Crippen LogP contribution in [-0.4, -0.2) is 22.6 Å². The van der Waals surface area contributed by atoms with Gasteiger partial charge in [0.25, 0.3) is 10.0 Å². The lowest BCUT2D eigenvalue weighted by Gasteiger charge is -2.25. The third-order valence-corrected chi connectivity index (χ3v) is 6.56. The van der Waals surface area contributed by atoms with E-state index in [1.165, 1.54) is 30.7 Å². The molecule has 0 aliphatic heterocycles. The molecule has 0 aliphatic rings. The third kappa shape index (κ3) is 4.41. The Hall–Kier alpha value is -3.06. The van der Waals surface area contributed by atoms with Gasteiger partial charge in [0.05, 0.1) is 31.3 Å². The summed E-state index contributed by atoms with van der Waals surface area (Å²) >= 11 is 0. The molecule has 158 valence electrons. The molecule has 0 amide bonds. The first kappa shape index (κ1) is 21.6. The smallest absolute Gasteiger partial charge is 0.264 e. The molecule has 0 unspecified atom stereocenters. The van der Waals surface area contributed by atoms with Crippen molar-refractivity contribution in [2.45, 2.75) is 25.3 Å². The van der Waals surface area contributed by atoms with Crippen LogP contribution in [0.15, 0.2) is 65.6 Å². The van der Waals surface area contributed by atoms with Gasteiger partial charge in [-0.05, 0) is 66.9 Å². The molecule has 0 bridgehead atoms. The summed E-state index contributed by atoms with van der Waals surface area (Å²) < 4.78 is 53.0. The lowest BCUT2D eigenvalue weighted by molar-refractivity contribution is 0.354. The largest absolute Gasteiger partial charge is 0.493 e. The molecule has 3 aromatic carbocycles. The number of nitrogens with zero attached hydrogens (tertiary/aromatic N) is 1. The molecule has 7 heteroatoms. The molecule has 30 heavy (non-hydrogen) atoms. The normalized spacial score (nSPS) is 11.2. The fourth-order valence-corrected chi connectivity index (χ4v) is 4.56. The minimum atomic E-state index is -4.02. The minimum Gasteiger partial charge on any atom is -0.493 e. The van der Waals surface area contributed by atoms with Crippen LogP contribution in [0.1, 0.15) is 16.7 Å². The van der Waals surface area contributed by atoms with Crippen molar-refractivity contribution >= 4 is 15.7 Å².